The first-order valence-corrected chi connectivity index (χ1v) is 7.71. The lowest BCUT2D eigenvalue weighted by atomic mass is 9.97. The number of anilines is 1. The Bertz CT molecular complexity index is 470. The van der Waals surface area contributed by atoms with E-state index in [2.05, 4.69) is 5.32 Å². The van der Waals surface area contributed by atoms with Crippen LogP contribution in [-0.2, 0) is 4.79 Å². The lowest BCUT2D eigenvalue weighted by Gasteiger charge is -2.30. The molecule has 0 aliphatic heterocycles. The molecule has 0 unspecified atom stereocenters. The van der Waals surface area contributed by atoms with E-state index in [9.17, 15) is 9.90 Å². The van der Waals surface area contributed by atoms with Crippen molar-refractivity contribution in [2.75, 3.05) is 25.5 Å². The van der Waals surface area contributed by atoms with E-state index in [-0.39, 0.29) is 12.5 Å². The van der Waals surface area contributed by atoms with Gasteiger partial charge in [-0.05, 0) is 32.0 Å². The van der Waals surface area contributed by atoms with E-state index in [0.29, 0.717) is 35.1 Å². The molecule has 0 aliphatic rings. The summed E-state index contributed by atoms with van der Waals surface area (Å²) in [6.07, 6.45) is 1.29. The van der Waals surface area contributed by atoms with Gasteiger partial charge in [0.05, 0.1) is 27.9 Å². The van der Waals surface area contributed by atoms with E-state index in [1.807, 2.05) is 13.8 Å². The molecule has 0 bridgehead atoms. The molecule has 1 aromatic rings. The number of rotatable bonds is 7. The van der Waals surface area contributed by atoms with Gasteiger partial charge in [0.1, 0.15) is 0 Å². The molecule has 0 spiro atoms. The number of likely N-dealkylation sites (N-methyl/N-ethyl adjacent to an activating group) is 1. The number of hydrogen-bond donors (Lipinski definition) is 2. The van der Waals surface area contributed by atoms with Crippen LogP contribution >= 0.6 is 23.2 Å². The van der Waals surface area contributed by atoms with Gasteiger partial charge in [-0.2, -0.15) is 0 Å². The van der Waals surface area contributed by atoms with Crippen LogP contribution in [0.4, 0.5) is 5.69 Å². The molecule has 118 valence electrons. The number of hydrogen-bond acceptors (Lipinski definition) is 3. The third-order valence-electron chi connectivity index (χ3n) is 3.52. The number of nitrogens with one attached hydrogen (secondary N) is 1. The average molecular weight is 333 g/mol. The molecule has 0 atom stereocenters. The fourth-order valence-electron chi connectivity index (χ4n) is 2.07. The second-order valence-electron chi connectivity index (χ2n) is 5.25. The van der Waals surface area contributed by atoms with Crippen LogP contribution in [0.3, 0.4) is 0 Å². The van der Waals surface area contributed by atoms with Crippen LogP contribution in [0.25, 0.3) is 0 Å². The molecule has 0 heterocycles. The third kappa shape index (κ3) is 5.47. The van der Waals surface area contributed by atoms with Gasteiger partial charge in [-0.15, -0.1) is 0 Å². The summed E-state index contributed by atoms with van der Waals surface area (Å²) in [5.74, 6) is -0.220. The van der Waals surface area contributed by atoms with Crippen molar-refractivity contribution in [3.63, 3.8) is 0 Å². The van der Waals surface area contributed by atoms with E-state index in [1.165, 1.54) is 0 Å². The van der Waals surface area contributed by atoms with Crippen molar-refractivity contribution in [1.29, 1.82) is 0 Å². The number of carbonyl (C=O) groups excluding carboxylic acids is 1. The lowest BCUT2D eigenvalue weighted by Crippen LogP contribution is -2.43. The Balaban J connectivity index is 2.62. The Kier molecular flexibility index (Phi) is 6.94. The predicted octanol–water partition coefficient (Wildman–Crippen LogP) is 3.41. The van der Waals surface area contributed by atoms with Crippen molar-refractivity contribution in [3.8, 4) is 0 Å². The topological polar surface area (TPSA) is 52.6 Å². The molecule has 1 rings (SSSR count). The van der Waals surface area contributed by atoms with Crippen molar-refractivity contribution in [2.24, 2.45) is 0 Å². The highest BCUT2D eigenvalue weighted by Crippen LogP contribution is 2.29. The van der Waals surface area contributed by atoms with Crippen LogP contribution in [0, 0.1) is 0 Å². The minimum absolute atomic E-state index is 0.157. The third-order valence-corrected chi connectivity index (χ3v) is 4.15. The molecule has 0 aromatic heterocycles. The summed E-state index contributed by atoms with van der Waals surface area (Å²) in [6, 6.07) is 5.05. The van der Waals surface area contributed by atoms with Gasteiger partial charge in [-0.1, -0.05) is 43.1 Å². The zero-order valence-corrected chi connectivity index (χ0v) is 14.1. The number of carbonyl (C=O) groups is 1. The monoisotopic (exact) mass is 332 g/mol. The molecule has 0 saturated carbocycles. The molecule has 0 saturated heterocycles. The number of amides is 1. The van der Waals surface area contributed by atoms with Crippen molar-refractivity contribution in [2.45, 2.75) is 32.3 Å². The van der Waals surface area contributed by atoms with Gasteiger partial charge in [0.2, 0.25) is 5.91 Å². The zero-order chi connectivity index (χ0) is 16.0. The first-order valence-electron chi connectivity index (χ1n) is 6.96. The van der Waals surface area contributed by atoms with Crippen molar-refractivity contribution >= 4 is 34.8 Å². The Morgan fingerprint density at radius 1 is 1.29 bits per heavy atom. The number of benzene rings is 1. The van der Waals surface area contributed by atoms with Gasteiger partial charge in [0.25, 0.3) is 0 Å². The number of nitrogens with zero attached hydrogens (tertiary/aromatic N) is 1. The van der Waals surface area contributed by atoms with E-state index in [4.69, 9.17) is 23.2 Å². The number of aliphatic hydroxyl groups is 1. The van der Waals surface area contributed by atoms with Crippen LogP contribution in [0.1, 0.15) is 26.7 Å². The van der Waals surface area contributed by atoms with Crippen LogP contribution in [-0.4, -0.2) is 41.7 Å². The largest absolute Gasteiger partial charge is 0.389 e. The minimum atomic E-state index is -0.767. The standard InChI is InChI=1S/C15H22Cl2N2O2/c1-4-15(21,5-2)10-19(3)9-13(20)18-14-11(16)7-6-8-12(14)17/h6-8,21H,4-5,9-10H2,1-3H3,(H,18,20). The van der Waals surface area contributed by atoms with Crippen LogP contribution in [0.15, 0.2) is 18.2 Å². The first-order chi connectivity index (χ1) is 9.81. The summed E-state index contributed by atoms with van der Waals surface area (Å²) in [7, 11) is 1.80. The SMILES string of the molecule is CCC(O)(CC)CN(C)CC(=O)Nc1c(Cl)cccc1Cl. The molecular formula is C15H22Cl2N2O2. The number of halogens is 2. The van der Waals surface area contributed by atoms with Gasteiger partial charge >= 0.3 is 0 Å². The summed E-state index contributed by atoms with van der Waals surface area (Å²) in [4.78, 5) is 13.8. The molecular weight excluding hydrogens is 311 g/mol. The van der Waals surface area contributed by atoms with Crippen molar-refractivity contribution in [3.05, 3.63) is 28.2 Å². The molecule has 0 aliphatic carbocycles. The van der Waals surface area contributed by atoms with Crippen LogP contribution in [0.5, 0.6) is 0 Å². The smallest absolute Gasteiger partial charge is 0.238 e. The maximum Gasteiger partial charge on any atom is 0.238 e. The summed E-state index contributed by atoms with van der Waals surface area (Å²) in [6.45, 7) is 4.45. The molecule has 0 radical (unpaired) electrons. The van der Waals surface area contributed by atoms with Crippen molar-refractivity contribution < 1.29 is 9.90 Å². The van der Waals surface area contributed by atoms with E-state index >= 15 is 0 Å². The van der Waals surface area contributed by atoms with Gasteiger partial charge < -0.3 is 10.4 Å². The van der Waals surface area contributed by atoms with E-state index in [1.54, 1.807) is 30.1 Å². The molecule has 1 amide bonds. The molecule has 0 fully saturated rings. The average Bonchev–Trinajstić information content (AvgIpc) is 2.42. The second-order valence-corrected chi connectivity index (χ2v) is 6.06. The lowest BCUT2D eigenvalue weighted by molar-refractivity contribution is -0.117. The number of para-hydroxylation sites is 1. The minimum Gasteiger partial charge on any atom is -0.389 e. The van der Waals surface area contributed by atoms with Gasteiger partial charge in [-0.3, -0.25) is 9.69 Å². The Hall–Kier alpha value is -0.810. The zero-order valence-electron chi connectivity index (χ0n) is 12.6. The maximum absolute atomic E-state index is 12.0. The maximum atomic E-state index is 12.0. The first kappa shape index (κ1) is 18.2. The van der Waals surface area contributed by atoms with Crippen LogP contribution in [0.2, 0.25) is 10.0 Å². The second kappa shape index (κ2) is 7.99. The van der Waals surface area contributed by atoms with Gasteiger partial charge in [-0.25, -0.2) is 0 Å². The Morgan fingerprint density at radius 3 is 2.29 bits per heavy atom. The molecule has 21 heavy (non-hydrogen) atoms. The summed E-state index contributed by atoms with van der Waals surface area (Å²) in [5.41, 5.74) is -0.350. The fraction of sp³-hybridized carbons (Fsp3) is 0.533. The predicted molar refractivity (Wildman–Crippen MR) is 88.1 cm³/mol. The van der Waals surface area contributed by atoms with Crippen molar-refractivity contribution in [1.82, 2.24) is 4.90 Å². The van der Waals surface area contributed by atoms with Gasteiger partial charge in [0.15, 0.2) is 0 Å². The summed E-state index contributed by atoms with van der Waals surface area (Å²) in [5, 5.41) is 13.8. The molecule has 4 nitrogen and oxygen atoms in total. The van der Waals surface area contributed by atoms with E-state index in [0.717, 1.165) is 0 Å². The molecule has 6 heteroatoms. The molecule has 2 N–H and O–H groups in total. The highest BCUT2D eigenvalue weighted by atomic mass is 35.5. The molecule has 1 aromatic carbocycles. The summed E-state index contributed by atoms with van der Waals surface area (Å²) >= 11 is 12.0. The normalized spacial score (nSPS) is 11.8. The Morgan fingerprint density at radius 2 is 1.81 bits per heavy atom. The van der Waals surface area contributed by atoms with Crippen LogP contribution < -0.4 is 5.32 Å². The highest BCUT2D eigenvalue weighted by Gasteiger charge is 2.25. The Labute approximate surface area is 136 Å². The quantitative estimate of drug-likeness (QED) is 0.804. The fourth-order valence-corrected chi connectivity index (χ4v) is 2.57. The highest BCUT2D eigenvalue weighted by molar-refractivity contribution is 6.39. The summed E-state index contributed by atoms with van der Waals surface area (Å²) < 4.78 is 0. The van der Waals surface area contributed by atoms with Gasteiger partial charge in [0, 0.05) is 6.54 Å². The van der Waals surface area contributed by atoms with E-state index < -0.39 is 5.60 Å².